The standard InChI is InChI=1S/C15H26N2O2S2/c1-4-16-10-14-6-5-7-15(8-14)12-21(18,19)17-9-13(2)11-20-3/h5-8,13,16-17H,4,9-12H2,1-3H3. The van der Waals surface area contributed by atoms with Crippen LogP contribution >= 0.6 is 11.8 Å². The Hall–Kier alpha value is -0.560. The van der Waals surface area contributed by atoms with Gasteiger partial charge < -0.3 is 5.32 Å². The van der Waals surface area contributed by atoms with E-state index in [0.29, 0.717) is 12.5 Å². The van der Waals surface area contributed by atoms with Gasteiger partial charge in [-0.05, 0) is 35.6 Å². The molecule has 0 spiro atoms. The van der Waals surface area contributed by atoms with E-state index in [9.17, 15) is 8.42 Å². The van der Waals surface area contributed by atoms with Gasteiger partial charge in [-0.3, -0.25) is 0 Å². The van der Waals surface area contributed by atoms with Crippen LogP contribution in [-0.2, 0) is 22.3 Å². The minimum Gasteiger partial charge on any atom is -0.313 e. The molecule has 21 heavy (non-hydrogen) atoms. The van der Waals surface area contributed by atoms with E-state index in [4.69, 9.17) is 0 Å². The van der Waals surface area contributed by atoms with Crippen molar-refractivity contribution < 1.29 is 8.42 Å². The third-order valence-corrected chi connectivity index (χ3v) is 5.25. The van der Waals surface area contributed by atoms with Crippen molar-refractivity contribution in [2.45, 2.75) is 26.1 Å². The second-order valence-electron chi connectivity index (χ2n) is 5.27. The molecule has 1 rings (SSSR count). The van der Waals surface area contributed by atoms with Crippen LogP contribution in [0.1, 0.15) is 25.0 Å². The molecule has 6 heteroatoms. The maximum atomic E-state index is 12.1. The van der Waals surface area contributed by atoms with Gasteiger partial charge >= 0.3 is 0 Å². The van der Waals surface area contributed by atoms with Gasteiger partial charge in [-0.1, -0.05) is 38.1 Å². The first-order chi connectivity index (χ1) is 9.96. The molecule has 0 amide bonds. The summed E-state index contributed by atoms with van der Waals surface area (Å²) in [6.45, 7) is 6.27. The molecule has 0 fully saturated rings. The quantitative estimate of drug-likeness (QED) is 0.691. The lowest BCUT2D eigenvalue weighted by atomic mass is 10.1. The van der Waals surface area contributed by atoms with E-state index in [1.165, 1.54) is 0 Å². The molecule has 4 nitrogen and oxygen atoms in total. The maximum absolute atomic E-state index is 12.1. The Labute approximate surface area is 133 Å². The monoisotopic (exact) mass is 330 g/mol. The number of sulfonamides is 1. The van der Waals surface area contributed by atoms with E-state index >= 15 is 0 Å². The molecule has 0 bridgehead atoms. The van der Waals surface area contributed by atoms with Gasteiger partial charge in [0, 0.05) is 13.1 Å². The lowest BCUT2D eigenvalue weighted by Crippen LogP contribution is -2.30. The van der Waals surface area contributed by atoms with Gasteiger partial charge in [-0.25, -0.2) is 13.1 Å². The molecule has 0 aliphatic carbocycles. The Kier molecular flexibility index (Phi) is 8.33. The molecule has 2 N–H and O–H groups in total. The number of nitrogens with one attached hydrogen (secondary N) is 2. The summed E-state index contributed by atoms with van der Waals surface area (Å²) >= 11 is 1.73. The van der Waals surface area contributed by atoms with E-state index in [1.54, 1.807) is 11.8 Å². The zero-order valence-corrected chi connectivity index (χ0v) is 14.7. The van der Waals surface area contributed by atoms with Crippen molar-refractivity contribution in [2.24, 2.45) is 5.92 Å². The molecule has 0 aliphatic heterocycles. The minimum absolute atomic E-state index is 0.0406. The largest absolute Gasteiger partial charge is 0.313 e. The number of benzene rings is 1. The lowest BCUT2D eigenvalue weighted by molar-refractivity contribution is 0.562. The van der Waals surface area contributed by atoms with E-state index in [1.807, 2.05) is 37.4 Å². The SMILES string of the molecule is CCNCc1cccc(CS(=O)(=O)NCC(C)CSC)c1. The van der Waals surface area contributed by atoms with Crippen LogP contribution in [0.2, 0.25) is 0 Å². The summed E-state index contributed by atoms with van der Waals surface area (Å²) in [6, 6.07) is 7.73. The molecule has 120 valence electrons. The summed E-state index contributed by atoms with van der Waals surface area (Å²) in [5, 5.41) is 3.24. The zero-order chi connectivity index (χ0) is 15.7. The van der Waals surface area contributed by atoms with Crippen molar-refractivity contribution >= 4 is 21.8 Å². The Morgan fingerprint density at radius 3 is 2.67 bits per heavy atom. The number of hydrogen-bond donors (Lipinski definition) is 2. The van der Waals surface area contributed by atoms with Crippen molar-refractivity contribution in [1.82, 2.24) is 10.0 Å². The molecule has 1 aromatic rings. The highest BCUT2D eigenvalue weighted by atomic mass is 32.2. The second kappa shape index (κ2) is 9.46. The third-order valence-electron chi connectivity index (χ3n) is 3.03. The second-order valence-corrected chi connectivity index (χ2v) is 7.99. The third kappa shape index (κ3) is 7.85. The molecule has 0 aromatic heterocycles. The van der Waals surface area contributed by atoms with Crippen LogP contribution in [0.4, 0.5) is 0 Å². The topological polar surface area (TPSA) is 58.2 Å². The molecular weight excluding hydrogens is 304 g/mol. The van der Waals surface area contributed by atoms with Gasteiger partial charge in [0.25, 0.3) is 0 Å². The fraction of sp³-hybridized carbons (Fsp3) is 0.600. The van der Waals surface area contributed by atoms with E-state index in [0.717, 1.165) is 30.0 Å². The summed E-state index contributed by atoms with van der Waals surface area (Å²) in [7, 11) is -3.26. The molecule has 1 unspecified atom stereocenters. The Bertz CT molecular complexity index is 518. The number of hydrogen-bond acceptors (Lipinski definition) is 4. The van der Waals surface area contributed by atoms with Crippen molar-refractivity contribution in [3.05, 3.63) is 35.4 Å². The Morgan fingerprint density at radius 2 is 2.00 bits per heavy atom. The van der Waals surface area contributed by atoms with Gasteiger partial charge in [0.15, 0.2) is 0 Å². The van der Waals surface area contributed by atoms with Crippen molar-refractivity contribution in [1.29, 1.82) is 0 Å². The van der Waals surface area contributed by atoms with Crippen LogP contribution in [0.25, 0.3) is 0 Å². The zero-order valence-electron chi connectivity index (χ0n) is 13.1. The molecule has 0 saturated heterocycles. The van der Waals surface area contributed by atoms with Crippen LogP contribution < -0.4 is 10.0 Å². The van der Waals surface area contributed by atoms with Crippen molar-refractivity contribution in [3.8, 4) is 0 Å². The van der Waals surface area contributed by atoms with Crippen molar-refractivity contribution in [2.75, 3.05) is 25.1 Å². The highest BCUT2D eigenvalue weighted by molar-refractivity contribution is 7.98. The van der Waals surface area contributed by atoms with Gasteiger partial charge in [-0.2, -0.15) is 11.8 Å². The number of thioether (sulfide) groups is 1. The summed E-state index contributed by atoms with van der Waals surface area (Å²) in [5.74, 6) is 1.34. The predicted molar refractivity (Wildman–Crippen MR) is 92.0 cm³/mol. The predicted octanol–water partition coefficient (Wildman–Crippen LogP) is 2.21. The first-order valence-electron chi connectivity index (χ1n) is 7.21. The summed E-state index contributed by atoms with van der Waals surface area (Å²) in [6.07, 6.45) is 2.03. The molecule has 0 saturated carbocycles. The Morgan fingerprint density at radius 1 is 1.29 bits per heavy atom. The van der Waals surface area contributed by atoms with E-state index in [-0.39, 0.29) is 5.75 Å². The van der Waals surface area contributed by atoms with E-state index < -0.39 is 10.0 Å². The number of rotatable bonds is 10. The molecule has 0 radical (unpaired) electrons. The smallest absolute Gasteiger partial charge is 0.215 e. The molecule has 0 aliphatic rings. The highest BCUT2D eigenvalue weighted by Crippen LogP contribution is 2.10. The van der Waals surface area contributed by atoms with Crippen LogP contribution in [-0.4, -0.2) is 33.5 Å². The Balaban J connectivity index is 2.58. The van der Waals surface area contributed by atoms with Gasteiger partial charge in [0.1, 0.15) is 0 Å². The van der Waals surface area contributed by atoms with Crippen LogP contribution in [0.15, 0.2) is 24.3 Å². The minimum atomic E-state index is -3.26. The molecule has 1 atom stereocenters. The fourth-order valence-corrected chi connectivity index (χ4v) is 3.93. The van der Waals surface area contributed by atoms with Gasteiger partial charge in [0.2, 0.25) is 10.0 Å². The lowest BCUT2D eigenvalue weighted by Gasteiger charge is -2.12. The fourth-order valence-electron chi connectivity index (χ4n) is 1.98. The molecule has 1 aromatic carbocycles. The van der Waals surface area contributed by atoms with Crippen LogP contribution in [0.3, 0.4) is 0 Å². The van der Waals surface area contributed by atoms with Crippen LogP contribution in [0.5, 0.6) is 0 Å². The maximum Gasteiger partial charge on any atom is 0.215 e. The van der Waals surface area contributed by atoms with Gasteiger partial charge in [-0.15, -0.1) is 0 Å². The first kappa shape index (κ1) is 18.5. The van der Waals surface area contributed by atoms with Crippen LogP contribution in [0, 0.1) is 5.92 Å². The molecular formula is C15H26N2O2S2. The summed E-state index contributed by atoms with van der Waals surface area (Å²) in [4.78, 5) is 0. The first-order valence-corrected chi connectivity index (χ1v) is 10.3. The normalized spacial score (nSPS) is 13.3. The van der Waals surface area contributed by atoms with Gasteiger partial charge in [0.05, 0.1) is 5.75 Å². The average Bonchev–Trinajstić information content (AvgIpc) is 2.43. The summed E-state index contributed by atoms with van der Waals surface area (Å²) in [5.41, 5.74) is 1.94. The van der Waals surface area contributed by atoms with E-state index in [2.05, 4.69) is 17.0 Å². The average molecular weight is 331 g/mol. The molecule has 0 heterocycles. The highest BCUT2D eigenvalue weighted by Gasteiger charge is 2.13. The summed E-state index contributed by atoms with van der Waals surface area (Å²) < 4.78 is 26.9. The van der Waals surface area contributed by atoms with Crippen molar-refractivity contribution in [3.63, 3.8) is 0 Å².